The Morgan fingerprint density at radius 1 is 1.43 bits per heavy atom. The van der Waals surface area contributed by atoms with E-state index in [4.69, 9.17) is 0 Å². The van der Waals surface area contributed by atoms with Crippen molar-refractivity contribution in [3.8, 4) is 0 Å². The number of carboxylic acids is 1. The van der Waals surface area contributed by atoms with Gasteiger partial charge in [0.15, 0.2) is 0 Å². The molecule has 1 saturated heterocycles. The molecule has 112 valence electrons. The molecule has 0 bridgehead atoms. The standard InChI is InChI=1S/C12H13N3O4S2/c1-7-5-6-15(11(7)12(16)17)21(18,19)9-4-2-3-8-10(9)14-20-13-8/h2-4,7,11H,5-6H2,1H3,(H,16,17). The molecule has 0 radical (unpaired) electrons. The topological polar surface area (TPSA) is 99.4 Å². The number of sulfonamides is 1. The molecule has 21 heavy (non-hydrogen) atoms. The number of fused-ring (bicyclic) bond motifs is 1. The number of carboxylic acid groups (broad SMARTS) is 1. The van der Waals surface area contributed by atoms with Crippen molar-refractivity contribution >= 4 is 38.7 Å². The van der Waals surface area contributed by atoms with Gasteiger partial charge in [-0.2, -0.15) is 13.0 Å². The Morgan fingerprint density at radius 3 is 2.90 bits per heavy atom. The van der Waals surface area contributed by atoms with Gasteiger partial charge in [0.05, 0.1) is 11.4 Å². The Hall–Kier alpha value is -1.58. The van der Waals surface area contributed by atoms with E-state index in [1.807, 2.05) is 0 Å². The maximum atomic E-state index is 12.8. The molecule has 2 heterocycles. The molecule has 2 aliphatic heterocycles. The third-order valence-corrected chi connectivity index (χ3v) is 6.20. The van der Waals surface area contributed by atoms with Crippen LogP contribution in [0.3, 0.4) is 0 Å². The van der Waals surface area contributed by atoms with Gasteiger partial charge >= 0.3 is 5.97 Å². The van der Waals surface area contributed by atoms with Crippen molar-refractivity contribution in [2.75, 3.05) is 6.54 Å². The number of hydrogen-bond donors (Lipinski definition) is 1. The fourth-order valence-electron chi connectivity index (χ4n) is 2.66. The van der Waals surface area contributed by atoms with E-state index in [-0.39, 0.29) is 17.4 Å². The molecule has 9 heteroatoms. The van der Waals surface area contributed by atoms with Crippen LogP contribution in [0.1, 0.15) is 13.3 Å². The lowest BCUT2D eigenvalue weighted by Gasteiger charge is -2.23. The van der Waals surface area contributed by atoms with Gasteiger partial charge in [-0.25, -0.2) is 8.42 Å². The van der Waals surface area contributed by atoms with Gasteiger partial charge in [0.1, 0.15) is 22.3 Å². The van der Waals surface area contributed by atoms with E-state index in [0.717, 1.165) is 15.7 Å². The van der Waals surface area contributed by atoms with Crippen LogP contribution in [0.4, 0.5) is 11.4 Å². The van der Waals surface area contributed by atoms with Crippen LogP contribution >= 0.6 is 0 Å². The van der Waals surface area contributed by atoms with Gasteiger partial charge in [-0.15, -0.1) is 0 Å². The van der Waals surface area contributed by atoms with E-state index in [9.17, 15) is 18.3 Å². The maximum Gasteiger partial charge on any atom is 0.322 e. The summed E-state index contributed by atoms with van der Waals surface area (Å²) < 4.78 is 34.7. The van der Waals surface area contributed by atoms with E-state index in [0.29, 0.717) is 17.8 Å². The zero-order valence-electron chi connectivity index (χ0n) is 11.1. The van der Waals surface area contributed by atoms with Crippen molar-refractivity contribution in [1.82, 2.24) is 4.31 Å². The second-order valence-electron chi connectivity index (χ2n) is 5.05. The van der Waals surface area contributed by atoms with Gasteiger partial charge in [-0.05, 0) is 24.5 Å². The summed E-state index contributed by atoms with van der Waals surface area (Å²) in [6.45, 7) is 1.95. The van der Waals surface area contributed by atoms with E-state index in [1.165, 1.54) is 6.07 Å². The highest BCUT2D eigenvalue weighted by Crippen LogP contribution is 2.40. The first-order valence-corrected chi connectivity index (χ1v) is 8.56. The number of carbonyl (C=O) groups is 1. The number of nitrogens with zero attached hydrogens (tertiary/aromatic N) is 3. The smallest absolute Gasteiger partial charge is 0.322 e. The minimum Gasteiger partial charge on any atom is -0.480 e. The zero-order valence-corrected chi connectivity index (χ0v) is 12.8. The molecule has 1 aromatic rings. The van der Waals surface area contributed by atoms with Crippen LogP contribution in [0.2, 0.25) is 0 Å². The Labute approximate surface area is 125 Å². The normalized spacial score (nSPS) is 24.8. The van der Waals surface area contributed by atoms with Gasteiger partial charge in [0.25, 0.3) is 0 Å². The summed E-state index contributed by atoms with van der Waals surface area (Å²) in [5.41, 5.74) is 0.798. The van der Waals surface area contributed by atoms with E-state index in [1.54, 1.807) is 19.1 Å². The molecule has 0 amide bonds. The fraction of sp³-hybridized carbons (Fsp3) is 0.417. The van der Waals surface area contributed by atoms with Crippen LogP contribution in [0.25, 0.3) is 0 Å². The Morgan fingerprint density at radius 2 is 2.19 bits per heavy atom. The highest BCUT2D eigenvalue weighted by atomic mass is 32.2. The highest BCUT2D eigenvalue weighted by molar-refractivity contribution is 7.89. The van der Waals surface area contributed by atoms with Crippen LogP contribution < -0.4 is 0 Å². The van der Waals surface area contributed by atoms with Gasteiger partial charge in [0, 0.05) is 6.54 Å². The van der Waals surface area contributed by atoms with E-state index >= 15 is 0 Å². The van der Waals surface area contributed by atoms with Crippen LogP contribution in [0.5, 0.6) is 0 Å². The number of benzene rings is 1. The van der Waals surface area contributed by atoms with Crippen molar-refractivity contribution in [3.05, 3.63) is 18.2 Å². The third-order valence-electron chi connectivity index (χ3n) is 3.74. The summed E-state index contributed by atoms with van der Waals surface area (Å²) in [5, 5.41) is 9.31. The predicted octanol–water partition coefficient (Wildman–Crippen LogP) is 1.90. The molecule has 0 aromatic heterocycles. The van der Waals surface area contributed by atoms with Crippen molar-refractivity contribution in [1.29, 1.82) is 0 Å². The van der Waals surface area contributed by atoms with Crippen LogP contribution in [-0.4, -0.2) is 36.4 Å². The molecule has 2 atom stereocenters. The molecule has 1 aromatic carbocycles. The SMILES string of the molecule is CC1CCN(S(=O)(=O)c2cccc3c2N=S=N3)C1C(=O)O. The first-order valence-electron chi connectivity index (χ1n) is 6.39. The third kappa shape index (κ3) is 2.21. The quantitative estimate of drug-likeness (QED) is 0.930. The first-order chi connectivity index (χ1) is 9.93. The number of rotatable bonds is 3. The molecule has 7 nitrogen and oxygen atoms in total. The summed E-state index contributed by atoms with van der Waals surface area (Å²) in [7, 11) is -3.91. The molecular weight excluding hydrogens is 314 g/mol. The van der Waals surface area contributed by atoms with Crippen LogP contribution in [0.15, 0.2) is 31.8 Å². The van der Waals surface area contributed by atoms with Crippen LogP contribution in [0, 0.1) is 5.92 Å². The highest BCUT2D eigenvalue weighted by Gasteiger charge is 2.44. The lowest BCUT2D eigenvalue weighted by Crippen LogP contribution is -2.42. The van der Waals surface area contributed by atoms with Crippen molar-refractivity contribution < 1.29 is 18.3 Å². The lowest BCUT2D eigenvalue weighted by atomic mass is 10.0. The molecule has 2 unspecified atom stereocenters. The summed E-state index contributed by atoms with van der Waals surface area (Å²) in [4.78, 5) is 11.4. The van der Waals surface area contributed by atoms with Gasteiger partial charge in [0.2, 0.25) is 10.0 Å². The minimum atomic E-state index is -3.91. The molecule has 1 N–H and O–H groups in total. The Balaban J connectivity index is 2.08. The molecule has 3 rings (SSSR count). The van der Waals surface area contributed by atoms with Crippen molar-refractivity contribution in [3.63, 3.8) is 0 Å². The summed E-state index contributed by atoms with van der Waals surface area (Å²) in [6, 6.07) is 3.68. The summed E-state index contributed by atoms with van der Waals surface area (Å²) >= 11 is 0.934. The number of aliphatic carboxylic acids is 1. The van der Waals surface area contributed by atoms with Gasteiger partial charge in [-0.1, -0.05) is 13.0 Å². The van der Waals surface area contributed by atoms with Gasteiger partial charge in [-0.3, -0.25) is 4.79 Å². The fourth-order valence-corrected chi connectivity index (χ4v) is 5.11. The molecule has 0 saturated carbocycles. The van der Waals surface area contributed by atoms with E-state index < -0.39 is 22.0 Å². The molecule has 0 aliphatic carbocycles. The average molecular weight is 327 g/mol. The summed E-state index contributed by atoms with van der Waals surface area (Å²) in [6.07, 6.45) is 0.529. The summed E-state index contributed by atoms with van der Waals surface area (Å²) in [5.74, 6) is -1.34. The second-order valence-corrected chi connectivity index (χ2v) is 7.44. The zero-order chi connectivity index (χ0) is 15.2. The van der Waals surface area contributed by atoms with Crippen molar-refractivity contribution in [2.24, 2.45) is 14.6 Å². The average Bonchev–Trinajstić information content (AvgIpc) is 3.03. The monoisotopic (exact) mass is 327 g/mol. The maximum absolute atomic E-state index is 12.8. The van der Waals surface area contributed by atoms with Crippen molar-refractivity contribution in [2.45, 2.75) is 24.3 Å². The molecule has 1 fully saturated rings. The molecular formula is C12H13N3O4S2. The largest absolute Gasteiger partial charge is 0.480 e. The van der Waals surface area contributed by atoms with Gasteiger partial charge < -0.3 is 5.11 Å². The lowest BCUT2D eigenvalue weighted by molar-refractivity contribution is -0.141. The Kier molecular flexibility index (Phi) is 3.42. The molecule has 2 aliphatic rings. The Bertz CT molecular complexity index is 784. The molecule has 0 spiro atoms. The van der Waals surface area contributed by atoms with Crippen LogP contribution in [-0.2, 0) is 26.2 Å². The van der Waals surface area contributed by atoms with E-state index in [2.05, 4.69) is 8.73 Å². The second kappa shape index (κ2) is 5.00. The minimum absolute atomic E-state index is 0.0223. The first kappa shape index (κ1) is 14.4. The predicted molar refractivity (Wildman–Crippen MR) is 77.1 cm³/mol. The number of hydrogen-bond acceptors (Lipinski definition) is 5.